The molecule has 0 spiro atoms. The van der Waals surface area contributed by atoms with Gasteiger partial charge in [0, 0.05) is 51.4 Å². The van der Waals surface area contributed by atoms with Crippen LogP contribution in [0.1, 0.15) is 6.42 Å². The number of hydrogen-bond donors (Lipinski definition) is 1. The van der Waals surface area contributed by atoms with Gasteiger partial charge in [-0.15, -0.1) is 0 Å². The van der Waals surface area contributed by atoms with E-state index in [4.69, 9.17) is 0 Å². The molecular weight excluding hydrogens is 331 g/mol. The molecule has 0 aliphatic carbocycles. The molecule has 2 heterocycles. The van der Waals surface area contributed by atoms with Crippen LogP contribution in [0.2, 0.25) is 0 Å². The van der Waals surface area contributed by atoms with Crippen LogP contribution in [0.25, 0.3) is 0 Å². The average molecular weight is 349 g/mol. The lowest BCUT2D eigenvalue weighted by Gasteiger charge is -2.32. The van der Waals surface area contributed by atoms with Crippen LogP contribution >= 0.6 is 0 Å². The Labute approximate surface area is 133 Å². The van der Waals surface area contributed by atoms with Crippen molar-refractivity contribution in [3.8, 4) is 0 Å². The van der Waals surface area contributed by atoms with Gasteiger partial charge in [-0.3, -0.25) is 4.90 Å². The highest BCUT2D eigenvalue weighted by Gasteiger charge is 2.37. The molecule has 0 radical (unpaired) electrons. The minimum atomic E-state index is -4.17. The van der Waals surface area contributed by atoms with Gasteiger partial charge in [-0.25, -0.2) is 21.6 Å². The van der Waals surface area contributed by atoms with Crippen molar-refractivity contribution >= 4 is 10.0 Å². The molecular formula is C14H18F3N3O2S. The van der Waals surface area contributed by atoms with Crippen LogP contribution in [0.15, 0.2) is 17.0 Å². The molecule has 0 saturated carbocycles. The Hall–Kier alpha value is -1.16. The van der Waals surface area contributed by atoms with Gasteiger partial charge in [-0.05, 0) is 12.5 Å². The van der Waals surface area contributed by atoms with E-state index in [9.17, 15) is 21.6 Å². The maximum Gasteiger partial charge on any atom is 0.246 e. The Kier molecular flexibility index (Phi) is 4.63. The van der Waals surface area contributed by atoms with Crippen molar-refractivity contribution in [2.75, 3.05) is 39.3 Å². The van der Waals surface area contributed by atoms with Gasteiger partial charge in [0.05, 0.1) is 0 Å². The Morgan fingerprint density at radius 3 is 2.35 bits per heavy atom. The fraction of sp³-hybridized carbons (Fsp3) is 0.571. The second kappa shape index (κ2) is 6.39. The zero-order chi connectivity index (χ0) is 16.6. The molecule has 2 aliphatic rings. The van der Waals surface area contributed by atoms with Crippen molar-refractivity contribution in [1.29, 1.82) is 0 Å². The molecule has 0 aromatic heterocycles. The number of sulfonamides is 1. The van der Waals surface area contributed by atoms with Crippen LogP contribution in [-0.4, -0.2) is 62.9 Å². The van der Waals surface area contributed by atoms with Crippen molar-refractivity contribution in [1.82, 2.24) is 14.5 Å². The summed E-state index contributed by atoms with van der Waals surface area (Å²) >= 11 is 0. The number of nitrogens with zero attached hydrogens (tertiary/aromatic N) is 2. The third-order valence-corrected chi connectivity index (χ3v) is 6.27. The second-order valence-electron chi connectivity index (χ2n) is 5.79. The molecule has 2 fully saturated rings. The van der Waals surface area contributed by atoms with Gasteiger partial charge in [0.1, 0.15) is 10.7 Å². The van der Waals surface area contributed by atoms with Crippen LogP contribution in [0.4, 0.5) is 13.2 Å². The molecule has 0 bridgehead atoms. The van der Waals surface area contributed by atoms with Gasteiger partial charge in [-0.1, -0.05) is 0 Å². The molecule has 1 aromatic rings. The summed E-state index contributed by atoms with van der Waals surface area (Å²) in [5, 5.41) is 3.22. The summed E-state index contributed by atoms with van der Waals surface area (Å²) in [7, 11) is -4.17. The van der Waals surface area contributed by atoms with E-state index in [1.54, 1.807) is 0 Å². The maximum absolute atomic E-state index is 13.8. The van der Waals surface area contributed by atoms with Crippen molar-refractivity contribution in [3.63, 3.8) is 0 Å². The van der Waals surface area contributed by atoms with E-state index in [0.717, 1.165) is 30.5 Å². The predicted molar refractivity (Wildman–Crippen MR) is 77.9 cm³/mol. The van der Waals surface area contributed by atoms with E-state index >= 15 is 0 Å². The third kappa shape index (κ3) is 3.23. The first kappa shape index (κ1) is 16.7. The minimum Gasteiger partial charge on any atom is -0.314 e. The third-order valence-electron chi connectivity index (χ3n) is 4.39. The predicted octanol–water partition coefficient (Wildman–Crippen LogP) is 0.772. The molecule has 1 N–H and O–H groups in total. The Bertz CT molecular complexity index is 693. The molecule has 1 atom stereocenters. The summed E-state index contributed by atoms with van der Waals surface area (Å²) in [6.45, 7) is 3.84. The van der Waals surface area contributed by atoms with Gasteiger partial charge in [0.25, 0.3) is 0 Å². The van der Waals surface area contributed by atoms with E-state index in [1.807, 2.05) is 0 Å². The monoisotopic (exact) mass is 349 g/mol. The second-order valence-corrected chi connectivity index (χ2v) is 7.69. The zero-order valence-corrected chi connectivity index (χ0v) is 13.3. The fourth-order valence-electron chi connectivity index (χ4n) is 3.12. The highest BCUT2D eigenvalue weighted by molar-refractivity contribution is 7.89. The van der Waals surface area contributed by atoms with E-state index < -0.39 is 32.4 Å². The first-order chi connectivity index (χ1) is 10.9. The van der Waals surface area contributed by atoms with Crippen molar-refractivity contribution in [2.45, 2.75) is 17.4 Å². The average Bonchev–Trinajstić information content (AvgIpc) is 3.02. The molecule has 5 nitrogen and oxygen atoms in total. The molecule has 128 valence electrons. The Morgan fingerprint density at radius 1 is 1.00 bits per heavy atom. The molecule has 0 amide bonds. The number of halogens is 3. The van der Waals surface area contributed by atoms with Gasteiger partial charge < -0.3 is 5.32 Å². The van der Waals surface area contributed by atoms with Crippen LogP contribution in [0, 0.1) is 17.5 Å². The minimum absolute atomic E-state index is 0.0697. The summed E-state index contributed by atoms with van der Waals surface area (Å²) in [4.78, 5) is 1.39. The van der Waals surface area contributed by atoms with Crippen LogP contribution in [0.3, 0.4) is 0 Å². The lowest BCUT2D eigenvalue weighted by molar-refractivity contribution is 0.179. The van der Waals surface area contributed by atoms with Gasteiger partial charge in [0.2, 0.25) is 10.0 Å². The number of nitrogens with one attached hydrogen (secondary N) is 1. The molecule has 3 rings (SSSR count). The number of benzene rings is 1. The highest BCUT2D eigenvalue weighted by Crippen LogP contribution is 2.26. The van der Waals surface area contributed by atoms with Gasteiger partial charge in [0.15, 0.2) is 11.6 Å². The fourth-order valence-corrected chi connectivity index (χ4v) is 4.67. The van der Waals surface area contributed by atoms with E-state index in [-0.39, 0.29) is 25.2 Å². The summed E-state index contributed by atoms with van der Waals surface area (Å²) in [6.07, 6.45) is 0.643. The Balaban J connectivity index is 1.80. The van der Waals surface area contributed by atoms with E-state index in [0.29, 0.717) is 12.5 Å². The first-order valence-electron chi connectivity index (χ1n) is 7.49. The first-order valence-corrected chi connectivity index (χ1v) is 8.93. The van der Waals surface area contributed by atoms with Crippen LogP contribution < -0.4 is 5.32 Å². The van der Waals surface area contributed by atoms with Gasteiger partial charge >= 0.3 is 0 Å². The maximum atomic E-state index is 13.8. The molecule has 2 saturated heterocycles. The van der Waals surface area contributed by atoms with Crippen LogP contribution in [0.5, 0.6) is 0 Å². The zero-order valence-electron chi connectivity index (χ0n) is 12.4. The summed E-state index contributed by atoms with van der Waals surface area (Å²) in [6, 6.07) is 0.754. The standard InChI is InChI=1S/C14H18F3N3O2S/c15-11-7-13(17)14(8-12(11)16)23(21,22)20-4-1-10(9-20)19-5-2-18-3-6-19/h7-8,10,18H,1-6,9H2. The lowest BCUT2D eigenvalue weighted by Crippen LogP contribution is -2.49. The van der Waals surface area contributed by atoms with Crippen molar-refractivity contribution in [3.05, 3.63) is 29.6 Å². The highest BCUT2D eigenvalue weighted by atomic mass is 32.2. The molecule has 2 aliphatic heterocycles. The molecule has 9 heteroatoms. The number of rotatable bonds is 3. The normalized spacial score (nSPS) is 24.2. The Morgan fingerprint density at radius 2 is 1.65 bits per heavy atom. The van der Waals surface area contributed by atoms with Crippen molar-refractivity contribution in [2.24, 2.45) is 0 Å². The van der Waals surface area contributed by atoms with Gasteiger partial charge in [-0.2, -0.15) is 4.31 Å². The van der Waals surface area contributed by atoms with E-state index in [1.165, 1.54) is 0 Å². The SMILES string of the molecule is O=S(=O)(c1cc(F)c(F)cc1F)N1CCC(N2CCNCC2)C1. The van der Waals surface area contributed by atoms with Crippen LogP contribution in [-0.2, 0) is 10.0 Å². The lowest BCUT2D eigenvalue weighted by atomic mass is 10.2. The molecule has 1 unspecified atom stereocenters. The van der Waals surface area contributed by atoms with E-state index in [2.05, 4.69) is 10.2 Å². The smallest absolute Gasteiger partial charge is 0.246 e. The topological polar surface area (TPSA) is 52.7 Å². The summed E-state index contributed by atoms with van der Waals surface area (Å²) in [5.41, 5.74) is 0. The number of piperazine rings is 1. The molecule has 1 aromatic carbocycles. The van der Waals surface area contributed by atoms with Crippen molar-refractivity contribution < 1.29 is 21.6 Å². The quantitative estimate of drug-likeness (QED) is 0.819. The number of hydrogen-bond acceptors (Lipinski definition) is 4. The summed E-state index contributed by atoms with van der Waals surface area (Å²) < 4.78 is 66.3. The largest absolute Gasteiger partial charge is 0.314 e. The molecule has 23 heavy (non-hydrogen) atoms. The summed E-state index contributed by atoms with van der Waals surface area (Å²) in [5.74, 6) is -4.04.